The van der Waals surface area contributed by atoms with Crippen LogP contribution in [0.15, 0.2) is 30.5 Å². The molecule has 3 heteroatoms. The van der Waals surface area contributed by atoms with Crippen molar-refractivity contribution in [2.45, 2.75) is 44.4 Å². The molecule has 1 N–H and O–H groups in total. The topological polar surface area (TPSA) is 50.2 Å². The monoisotopic (exact) mass is 269 g/mol. The van der Waals surface area contributed by atoms with Gasteiger partial charge in [0.05, 0.1) is 5.41 Å². The summed E-state index contributed by atoms with van der Waals surface area (Å²) in [5.41, 5.74) is 1.24. The van der Waals surface area contributed by atoms with E-state index < -0.39 is 11.4 Å². The SMILES string of the molecule is Cc1nccc2cc(C3(C(=O)O)CCCCC3)ccc12. The molecule has 20 heavy (non-hydrogen) atoms. The molecule has 1 aliphatic rings. The Labute approximate surface area is 118 Å². The Balaban J connectivity index is 2.14. The standard InChI is InChI=1S/C17H19NO2/c1-12-15-6-5-14(11-13(15)7-10-18-12)17(16(19)20)8-3-2-4-9-17/h5-7,10-11H,2-4,8-9H2,1H3,(H,19,20). The van der Waals surface area contributed by atoms with E-state index in [2.05, 4.69) is 4.98 Å². The van der Waals surface area contributed by atoms with Gasteiger partial charge in [0, 0.05) is 17.3 Å². The Kier molecular flexibility index (Phi) is 3.20. The molecule has 1 heterocycles. The van der Waals surface area contributed by atoms with E-state index in [9.17, 15) is 9.90 Å². The first-order valence-electron chi connectivity index (χ1n) is 7.23. The van der Waals surface area contributed by atoms with Crippen molar-refractivity contribution in [1.29, 1.82) is 0 Å². The number of rotatable bonds is 2. The van der Waals surface area contributed by atoms with Gasteiger partial charge in [-0.15, -0.1) is 0 Å². The first-order valence-corrected chi connectivity index (χ1v) is 7.23. The second kappa shape index (κ2) is 4.89. The Hall–Kier alpha value is -1.90. The van der Waals surface area contributed by atoms with Crippen molar-refractivity contribution in [3.8, 4) is 0 Å². The summed E-state index contributed by atoms with van der Waals surface area (Å²) in [4.78, 5) is 16.2. The molecule has 2 aromatic rings. The molecule has 0 bridgehead atoms. The average Bonchev–Trinajstić information content (AvgIpc) is 2.47. The van der Waals surface area contributed by atoms with E-state index in [1.807, 2.05) is 31.2 Å². The third-order valence-electron chi connectivity index (χ3n) is 4.63. The van der Waals surface area contributed by atoms with Crippen LogP contribution in [0.3, 0.4) is 0 Å². The number of hydrogen-bond donors (Lipinski definition) is 1. The number of carboxylic acids is 1. The molecule has 1 aromatic carbocycles. The average molecular weight is 269 g/mol. The minimum absolute atomic E-state index is 0.678. The Morgan fingerprint density at radius 3 is 2.65 bits per heavy atom. The molecular formula is C17H19NO2. The summed E-state index contributed by atoms with van der Waals surface area (Å²) < 4.78 is 0. The van der Waals surface area contributed by atoms with E-state index in [4.69, 9.17) is 0 Å². The van der Waals surface area contributed by atoms with E-state index in [0.717, 1.165) is 54.1 Å². The third kappa shape index (κ3) is 1.98. The lowest BCUT2D eigenvalue weighted by atomic mass is 9.69. The van der Waals surface area contributed by atoms with E-state index >= 15 is 0 Å². The highest BCUT2D eigenvalue weighted by Crippen LogP contribution is 2.40. The number of carbonyl (C=O) groups is 1. The number of hydrogen-bond acceptors (Lipinski definition) is 2. The number of aromatic nitrogens is 1. The van der Waals surface area contributed by atoms with Crippen LogP contribution in [0, 0.1) is 6.92 Å². The molecule has 3 rings (SSSR count). The fourth-order valence-electron chi connectivity index (χ4n) is 3.41. The van der Waals surface area contributed by atoms with Crippen molar-refractivity contribution in [3.63, 3.8) is 0 Å². The Bertz CT molecular complexity index is 657. The number of nitrogens with zero attached hydrogens (tertiary/aromatic N) is 1. The summed E-state index contributed by atoms with van der Waals surface area (Å²) in [6.07, 6.45) is 6.43. The van der Waals surface area contributed by atoms with Crippen molar-refractivity contribution in [2.75, 3.05) is 0 Å². The lowest BCUT2D eigenvalue weighted by Gasteiger charge is -2.33. The summed E-state index contributed by atoms with van der Waals surface area (Å²) in [6, 6.07) is 8.01. The number of pyridine rings is 1. The zero-order valence-electron chi connectivity index (χ0n) is 11.7. The van der Waals surface area contributed by atoms with E-state index in [1.54, 1.807) is 6.20 Å². The van der Waals surface area contributed by atoms with Crippen molar-refractivity contribution in [2.24, 2.45) is 0 Å². The lowest BCUT2D eigenvalue weighted by molar-refractivity contribution is -0.145. The van der Waals surface area contributed by atoms with Crippen LogP contribution in [0.2, 0.25) is 0 Å². The largest absolute Gasteiger partial charge is 0.481 e. The minimum atomic E-state index is -0.691. The van der Waals surface area contributed by atoms with Gasteiger partial charge < -0.3 is 5.11 Å². The number of aryl methyl sites for hydroxylation is 1. The molecule has 104 valence electrons. The molecular weight excluding hydrogens is 250 g/mol. The highest BCUT2D eigenvalue weighted by Gasteiger charge is 2.41. The van der Waals surface area contributed by atoms with Crippen LogP contribution >= 0.6 is 0 Å². The molecule has 1 aliphatic carbocycles. The highest BCUT2D eigenvalue weighted by molar-refractivity contribution is 5.88. The predicted octanol–water partition coefficient (Wildman–Crippen LogP) is 3.83. The predicted molar refractivity (Wildman–Crippen MR) is 78.9 cm³/mol. The minimum Gasteiger partial charge on any atom is -0.481 e. The normalized spacial score (nSPS) is 18.1. The van der Waals surface area contributed by atoms with Crippen LogP contribution in [0.4, 0.5) is 0 Å². The van der Waals surface area contributed by atoms with Gasteiger partial charge in [0.1, 0.15) is 0 Å². The lowest BCUT2D eigenvalue weighted by Crippen LogP contribution is -2.37. The second-order valence-corrected chi connectivity index (χ2v) is 5.78. The van der Waals surface area contributed by atoms with Gasteiger partial charge >= 0.3 is 5.97 Å². The third-order valence-corrected chi connectivity index (χ3v) is 4.63. The van der Waals surface area contributed by atoms with Crippen molar-refractivity contribution in [3.05, 3.63) is 41.7 Å². The zero-order valence-corrected chi connectivity index (χ0v) is 11.7. The molecule has 0 saturated heterocycles. The van der Waals surface area contributed by atoms with Crippen LogP contribution in [0.1, 0.15) is 43.4 Å². The van der Waals surface area contributed by atoms with Crippen molar-refractivity contribution < 1.29 is 9.90 Å². The van der Waals surface area contributed by atoms with Gasteiger partial charge in [0.25, 0.3) is 0 Å². The van der Waals surface area contributed by atoms with Crippen LogP contribution in [-0.2, 0) is 10.2 Å². The van der Waals surface area contributed by atoms with E-state index in [0.29, 0.717) is 0 Å². The number of benzene rings is 1. The molecule has 3 nitrogen and oxygen atoms in total. The maximum Gasteiger partial charge on any atom is 0.314 e. The molecule has 0 atom stereocenters. The van der Waals surface area contributed by atoms with Crippen LogP contribution in [-0.4, -0.2) is 16.1 Å². The van der Waals surface area contributed by atoms with Crippen molar-refractivity contribution in [1.82, 2.24) is 4.98 Å². The molecule has 0 radical (unpaired) electrons. The van der Waals surface area contributed by atoms with E-state index in [1.165, 1.54) is 0 Å². The summed E-state index contributed by atoms with van der Waals surface area (Å²) in [5, 5.41) is 11.9. The Morgan fingerprint density at radius 1 is 1.20 bits per heavy atom. The highest BCUT2D eigenvalue weighted by atomic mass is 16.4. The molecule has 1 fully saturated rings. The van der Waals surface area contributed by atoms with Crippen LogP contribution < -0.4 is 0 Å². The number of carboxylic acid groups (broad SMARTS) is 1. The summed E-state index contributed by atoms with van der Waals surface area (Å²) in [6.45, 7) is 1.98. The van der Waals surface area contributed by atoms with Crippen LogP contribution in [0.25, 0.3) is 10.8 Å². The smallest absolute Gasteiger partial charge is 0.314 e. The summed E-state index contributed by atoms with van der Waals surface area (Å²) >= 11 is 0. The van der Waals surface area contributed by atoms with Gasteiger partial charge in [-0.1, -0.05) is 31.4 Å². The molecule has 0 unspecified atom stereocenters. The molecule has 1 aromatic heterocycles. The van der Waals surface area contributed by atoms with Gasteiger partial charge in [-0.25, -0.2) is 0 Å². The van der Waals surface area contributed by atoms with Crippen molar-refractivity contribution >= 4 is 16.7 Å². The first-order chi connectivity index (χ1) is 9.63. The first kappa shape index (κ1) is 13.1. The zero-order chi connectivity index (χ0) is 14.2. The van der Waals surface area contributed by atoms with Crippen LogP contribution in [0.5, 0.6) is 0 Å². The van der Waals surface area contributed by atoms with Gasteiger partial charge in [-0.05, 0) is 42.8 Å². The summed E-state index contributed by atoms with van der Waals surface area (Å²) in [5.74, 6) is -0.678. The van der Waals surface area contributed by atoms with Gasteiger partial charge in [-0.3, -0.25) is 9.78 Å². The number of fused-ring (bicyclic) bond motifs is 1. The molecule has 0 spiro atoms. The molecule has 0 amide bonds. The summed E-state index contributed by atoms with van der Waals surface area (Å²) in [7, 11) is 0. The number of aliphatic carboxylic acids is 1. The fraction of sp³-hybridized carbons (Fsp3) is 0.412. The molecule has 0 aliphatic heterocycles. The van der Waals surface area contributed by atoms with Gasteiger partial charge in [0.2, 0.25) is 0 Å². The van der Waals surface area contributed by atoms with Gasteiger partial charge in [-0.2, -0.15) is 0 Å². The maximum atomic E-state index is 11.9. The molecule has 1 saturated carbocycles. The maximum absolute atomic E-state index is 11.9. The van der Waals surface area contributed by atoms with E-state index in [-0.39, 0.29) is 0 Å². The Morgan fingerprint density at radius 2 is 1.95 bits per heavy atom. The second-order valence-electron chi connectivity index (χ2n) is 5.78. The quantitative estimate of drug-likeness (QED) is 0.901. The fourth-order valence-corrected chi connectivity index (χ4v) is 3.41. The van der Waals surface area contributed by atoms with Gasteiger partial charge in [0.15, 0.2) is 0 Å².